The van der Waals surface area contributed by atoms with Gasteiger partial charge in [0.15, 0.2) is 0 Å². The molecule has 0 aliphatic heterocycles. The minimum absolute atomic E-state index is 0.0660. The summed E-state index contributed by atoms with van der Waals surface area (Å²) in [6, 6.07) is 14.3. The number of benzene rings is 1. The molecule has 1 aromatic carbocycles. The monoisotopic (exact) mass is 300 g/mol. The maximum absolute atomic E-state index is 10.1. The number of halogens is 1. The van der Waals surface area contributed by atoms with E-state index in [4.69, 9.17) is 5.26 Å². The van der Waals surface area contributed by atoms with Crippen molar-refractivity contribution in [3.05, 3.63) is 64.4 Å². The molecule has 88 valence electrons. The van der Waals surface area contributed by atoms with Gasteiger partial charge in [-0.2, -0.15) is 5.26 Å². The van der Waals surface area contributed by atoms with Crippen LogP contribution in [-0.2, 0) is 0 Å². The molecule has 0 spiro atoms. The third-order valence-corrected chi connectivity index (χ3v) is 2.92. The van der Waals surface area contributed by atoms with E-state index < -0.39 is 0 Å². The fraction of sp³-hybridized carbons (Fsp3) is 0. The summed E-state index contributed by atoms with van der Waals surface area (Å²) in [7, 11) is 0. The lowest BCUT2D eigenvalue weighted by atomic mass is 10.1. The summed E-state index contributed by atoms with van der Waals surface area (Å²) >= 11 is 3.32. The van der Waals surface area contributed by atoms with E-state index in [0.29, 0.717) is 11.3 Å². The number of pyridine rings is 1. The van der Waals surface area contributed by atoms with Gasteiger partial charge in [-0.3, -0.25) is 4.98 Å². The highest BCUT2D eigenvalue weighted by atomic mass is 79.9. The van der Waals surface area contributed by atoms with E-state index in [1.807, 2.05) is 6.07 Å². The first-order valence-electron chi connectivity index (χ1n) is 5.23. The fourth-order valence-electron chi connectivity index (χ4n) is 1.49. The summed E-state index contributed by atoms with van der Waals surface area (Å²) in [6.45, 7) is 0. The number of nitrogens with zero attached hydrogens (tertiary/aromatic N) is 2. The van der Waals surface area contributed by atoms with Crippen molar-refractivity contribution in [3.8, 4) is 6.07 Å². The molecule has 2 aromatic rings. The van der Waals surface area contributed by atoms with Crippen LogP contribution in [-0.4, -0.2) is 10.1 Å². The molecule has 0 fully saturated rings. The molecule has 3 nitrogen and oxygen atoms in total. The highest BCUT2D eigenvalue weighted by molar-refractivity contribution is 9.10. The molecular weight excluding hydrogens is 292 g/mol. The fourth-order valence-corrected chi connectivity index (χ4v) is 1.76. The van der Waals surface area contributed by atoms with Crippen LogP contribution in [0.25, 0.3) is 11.3 Å². The smallest absolute Gasteiger partial charge is 0.142 e. The van der Waals surface area contributed by atoms with Crippen LogP contribution < -0.4 is 0 Å². The Labute approximate surface area is 113 Å². The molecule has 0 bridgehead atoms. The number of hydrogen-bond donors (Lipinski definition) is 1. The SMILES string of the molecule is N#CC(=C(O)c1ccc(Br)cc1)c1ccccn1. The number of nitriles is 1. The van der Waals surface area contributed by atoms with Crippen molar-refractivity contribution in [3.63, 3.8) is 0 Å². The van der Waals surface area contributed by atoms with Crippen LogP contribution >= 0.6 is 15.9 Å². The van der Waals surface area contributed by atoms with Gasteiger partial charge in [0.05, 0.1) is 5.69 Å². The molecule has 0 unspecified atom stereocenters. The highest BCUT2D eigenvalue weighted by Crippen LogP contribution is 2.23. The molecule has 0 atom stereocenters. The molecule has 1 N–H and O–H groups in total. The van der Waals surface area contributed by atoms with Gasteiger partial charge >= 0.3 is 0 Å². The first-order valence-corrected chi connectivity index (χ1v) is 6.02. The normalized spacial score (nSPS) is 11.6. The van der Waals surface area contributed by atoms with Crippen LogP contribution in [0.4, 0.5) is 0 Å². The van der Waals surface area contributed by atoms with Crippen molar-refractivity contribution in [2.75, 3.05) is 0 Å². The Hall–Kier alpha value is -2.12. The molecule has 18 heavy (non-hydrogen) atoms. The summed E-state index contributed by atoms with van der Waals surface area (Å²) in [4.78, 5) is 4.06. The molecule has 0 aliphatic rings. The zero-order chi connectivity index (χ0) is 13.0. The Morgan fingerprint density at radius 3 is 2.44 bits per heavy atom. The maximum Gasteiger partial charge on any atom is 0.142 e. The largest absolute Gasteiger partial charge is 0.506 e. The van der Waals surface area contributed by atoms with E-state index in [2.05, 4.69) is 20.9 Å². The topological polar surface area (TPSA) is 56.9 Å². The molecule has 1 aromatic heterocycles. The van der Waals surface area contributed by atoms with Crippen molar-refractivity contribution < 1.29 is 5.11 Å². The third-order valence-electron chi connectivity index (χ3n) is 2.39. The van der Waals surface area contributed by atoms with Gasteiger partial charge in [-0.15, -0.1) is 0 Å². The molecule has 2 rings (SSSR count). The average Bonchev–Trinajstić information content (AvgIpc) is 2.41. The molecular formula is C14H9BrN2O. The van der Waals surface area contributed by atoms with E-state index in [1.165, 1.54) is 0 Å². The van der Waals surface area contributed by atoms with Crippen molar-refractivity contribution in [1.82, 2.24) is 4.98 Å². The van der Waals surface area contributed by atoms with Gasteiger partial charge < -0.3 is 5.11 Å². The molecule has 0 aliphatic carbocycles. The molecule has 4 heteroatoms. The number of allylic oxidation sites excluding steroid dienone is 1. The van der Waals surface area contributed by atoms with Crippen LogP contribution in [0.2, 0.25) is 0 Å². The minimum atomic E-state index is -0.0660. The van der Waals surface area contributed by atoms with Crippen molar-refractivity contribution in [2.24, 2.45) is 0 Å². The number of rotatable bonds is 2. The average molecular weight is 301 g/mol. The summed E-state index contributed by atoms with van der Waals surface area (Å²) in [5.74, 6) is -0.0660. The van der Waals surface area contributed by atoms with Crippen LogP contribution in [0.3, 0.4) is 0 Å². The second kappa shape index (κ2) is 5.48. The van der Waals surface area contributed by atoms with Gasteiger partial charge in [0.25, 0.3) is 0 Å². The number of aromatic nitrogens is 1. The van der Waals surface area contributed by atoms with Gasteiger partial charge in [-0.05, 0) is 24.3 Å². The van der Waals surface area contributed by atoms with E-state index in [0.717, 1.165) is 4.47 Å². The molecule has 0 amide bonds. The van der Waals surface area contributed by atoms with Crippen molar-refractivity contribution in [2.45, 2.75) is 0 Å². The Balaban J connectivity index is 2.51. The van der Waals surface area contributed by atoms with E-state index in [-0.39, 0.29) is 11.3 Å². The van der Waals surface area contributed by atoms with Gasteiger partial charge in [-0.1, -0.05) is 34.1 Å². The predicted octanol–water partition coefficient (Wildman–Crippen LogP) is 3.79. The van der Waals surface area contributed by atoms with E-state index in [1.54, 1.807) is 48.7 Å². The van der Waals surface area contributed by atoms with Crippen molar-refractivity contribution in [1.29, 1.82) is 5.26 Å². The standard InChI is InChI=1S/C14H9BrN2O/c15-11-6-4-10(5-7-11)14(18)12(9-16)13-3-1-2-8-17-13/h1-8,18H. The van der Waals surface area contributed by atoms with Crippen LogP contribution in [0.1, 0.15) is 11.3 Å². The second-order valence-corrected chi connectivity index (χ2v) is 4.47. The lowest BCUT2D eigenvalue weighted by molar-refractivity contribution is 0.514. The summed E-state index contributed by atoms with van der Waals surface area (Å²) in [6.07, 6.45) is 1.58. The zero-order valence-corrected chi connectivity index (χ0v) is 10.9. The van der Waals surface area contributed by atoms with Crippen LogP contribution in [0.5, 0.6) is 0 Å². The third kappa shape index (κ3) is 2.58. The predicted molar refractivity (Wildman–Crippen MR) is 73.4 cm³/mol. The maximum atomic E-state index is 10.1. The molecule has 0 radical (unpaired) electrons. The number of aliphatic hydroxyl groups is 1. The van der Waals surface area contributed by atoms with E-state index >= 15 is 0 Å². The quantitative estimate of drug-likeness (QED) is 0.678. The van der Waals surface area contributed by atoms with Gasteiger partial charge in [0, 0.05) is 16.2 Å². The lowest BCUT2D eigenvalue weighted by Crippen LogP contribution is -1.92. The highest BCUT2D eigenvalue weighted by Gasteiger charge is 2.10. The zero-order valence-electron chi connectivity index (χ0n) is 9.34. The first kappa shape index (κ1) is 12.3. The number of hydrogen-bond acceptors (Lipinski definition) is 3. The van der Waals surface area contributed by atoms with Gasteiger partial charge in [0.2, 0.25) is 0 Å². The van der Waals surface area contributed by atoms with Crippen molar-refractivity contribution >= 4 is 27.3 Å². The van der Waals surface area contributed by atoms with Crippen LogP contribution in [0.15, 0.2) is 53.1 Å². The Bertz CT molecular complexity index is 612. The summed E-state index contributed by atoms with van der Waals surface area (Å²) < 4.78 is 0.912. The second-order valence-electron chi connectivity index (χ2n) is 3.56. The summed E-state index contributed by atoms with van der Waals surface area (Å²) in [5, 5.41) is 19.3. The Kier molecular flexibility index (Phi) is 3.75. The molecule has 1 heterocycles. The lowest BCUT2D eigenvalue weighted by Gasteiger charge is -2.04. The van der Waals surface area contributed by atoms with Crippen LogP contribution in [0, 0.1) is 11.3 Å². The first-order chi connectivity index (χ1) is 8.72. The van der Waals surface area contributed by atoms with Gasteiger partial charge in [-0.25, -0.2) is 0 Å². The van der Waals surface area contributed by atoms with E-state index in [9.17, 15) is 5.11 Å². The Morgan fingerprint density at radius 2 is 1.89 bits per heavy atom. The Morgan fingerprint density at radius 1 is 1.17 bits per heavy atom. The minimum Gasteiger partial charge on any atom is -0.506 e. The number of aliphatic hydroxyl groups excluding tert-OH is 1. The van der Waals surface area contributed by atoms with Gasteiger partial charge in [0.1, 0.15) is 17.4 Å². The summed E-state index contributed by atoms with van der Waals surface area (Å²) in [5.41, 5.74) is 1.21. The molecule has 0 saturated heterocycles. The molecule has 0 saturated carbocycles.